The molecule has 0 aromatic carbocycles. The molecule has 2 nitrogen and oxygen atoms in total. The lowest BCUT2D eigenvalue weighted by Crippen LogP contribution is -2.26. The van der Waals surface area contributed by atoms with Crippen LogP contribution in [0, 0.1) is 0 Å². The van der Waals surface area contributed by atoms with Gasteiger partial charge in [-0.25, -0.2) is 0 Å². The average Bonchev–Trinajstić information content (AvgIpc) is 1.82. The highest BCUT2D eigenvalue weighted by Crippen LogP contribution is 2.16. The lowest BCUT2D eigenvalue weighted by molar-refractivity contribution is 0.0798. The second kappa shape index (κ2) is 4.49. The van der Waals surface area contributed by atoms with Crippen molar-refractivity contribution in [3.05, 3.63) is 0 Å². The highest BCUT2D eigenvalue weighted by Gasteiger charge is 2.29. The van der Waals surface area contributed by atoms with E-state index in [0.29, 0.717) is 6.04 Å². The molecule has 1 rings (SSSR count). The summed E-state index contributed by atoms with van der Waals surface area (Å²) in [5.74, 6) is 0. The Kier molecular flexibility index (Phi) is 5.94. The van der Waals surface area contributed by atoms with Crippen LogP contribution in [0.2, 0.25) is 0 Å². The largest absolute Gasteiger partial charge is 0.389 e. The van der Waals surface area contributed by atoms with Crippen molar-refractivity contribution in [2.45, 2.75) is 31.9 Å². The van der Waals surface area contributed by atoms with Crippen LogP contribution in [-0.2, 0) is 0 Å². The van der Waals surface area contributed by atoms with Crippen LogP contribution < -0.4 is 5.32 Å². The highest BCUT2D eigenvalue weighted by molar-refractivity contribution is 7.59. The van der Waals surface area contributed by atoms with E-state index < -0.39 is 5.60 Å². The van der Waals surface area contributed by atoms with Crippen molar-refractivity contribution in [1.29, 1.82) is 0 Å². The van der Waals surface area contributed by atoms with Crippen LogP contribution in [-0.4, -0.2) is 23.3 Å². The first kappa shape index (κ1) is 13.2. The lowest BCUT2D eigenvalue weighted by atomic mass is 10.0. The van der Waals surface area contributed by atoms with Crippen LogP contribution in [0.25, 0.3) is 0 Å². The number of hydrogen-bond acceptors (Lipinski definition) is 2. The first-order valence-electron chi connectivity index (χ1n) is 3.06. The second-order valence-corrected chi connectivity index (χ2v) is 2.98. The van der Waals surface area contributed by atoms with Crippen LogP contribution in [0.4, 0.5) is 0 Å². The number of nitrogens with one attached hydrogen (secondary N) is 1. The minimum Gasteiger partial charge on any atom is -0.389 e. The van der Waals surface area contributed by atoms with E-state index >= 15 is 0 Å². The molecule has 1 aliphatic heterocycles. The molecule has 4 heteroatoms. The molecule has 1 fully saturated rings. The van der Waals surface area contributed by atoms with Gasteiger partial charge in [0, 0.05) is 12.6 Å². The smallest absolute Gasteiger partial charge is 0.0758 e. The minimum atomic E-state index is -0.445. The van der Waals surface area contributed by atoms with Gasteiger partial charge in [0.15, 0.2) is 0 Å². The molecule has 2 N–H and O–H groups in total. The zero-order valence-electron chi connectivity index (χ0n) is 6.44. The molecule has 0 aliphatic carbocycles. The Hall–Kier alpha value is 0.620. The Morgan fingerprint density at radius 3 is 2.10 bits per heavy atom. The highest BCUT2D eigenvalue weighted by atomic mass is 32.1. The van der Waals surface area contributed by atoms with Crippen molar-refractivity contribution >= 4 is 27.0 Å². The van der Waals surface area contributed by atoms with E-state index in [1.54, 1.807) is 0 Å². The van der Waals surface area contributed by atoms with Crippen LogP contribution >= 0.6 is 27.0 Å². The third-order valence-corrected chi connectivity index (χ3v) is 1.58. The molecular weight excluding hydrogens is 166 g/mol. The summed E-state index contributed by atoms with van der Waals surface area (Å²) in [6.45, 7) is 4.69. The fourth-order valence-electron chi connectivity index (χ4n) is 1.20. The van der Waals surface area contributed by atoms with E-state index in [1.807, 2.05) is 6.92 Å². The van der Waals surface area contributed by atoms with E-state index in [0.717, 1.165) is 13.0 Å². The van der Waals surface area contributed by atoms with Gasteiger partial charge in [0.1, 0.15) is 0 Å². The molecule has 0 bridgehead atoms. The van der Waals surface area contributed by atoms with E-state index in [1.165, 1.54) is 0 Å². The van der Waals surface area contributed by atoms with Gasteiger partial charge in [0.2, 0.25) is 0 Å². The van der Waals surface area contributed by atoms with E-state index in [-0.39, 0.29) is 27.0 Å². The molecule has 0 amide bonds. The maximum absolute atomic E-state index is 9.30. The normalized spacial score (nSPS) is 38.1. The van der Waals surface area contributed by atoms with Gasteiger partial charge in [0.25, 0.3) is 0 Å². The first-order chi connectivity index (χ1) is 3.60. The van der Waals surface area contributed by atoms with Crippen LogP contribution in [0.5, 0.6) is 0 Å². The van der Waals surface area contributed by atoms with Gasteiger partial charge in [0.05, 0.1) is 5.60 Å². The molecule has 0 aromatic rings. The average molecular weight is 183 g/mol. The molecule has 0 saturated carbocycles. The van der Waals surface area contributed by atoms with E-state index in [9.17, 15) is 5.11 Å². The van der Waals surface area contributed by atoms with E-state index in [4.69, 9.17) is 0 Å². The fourth-order valence-corrected chi connectivity index (χ4v) is 1.20. The summed E-state index contributed by atoms with van der Waals surface area (Å²) in [6.07, 6.45) is 0.882. The van der Waals surface area contributed by atoms with Gasteiger partial charge in [-0.3, -0.25) is 0 Å². The van der Waals surface area contributed by atoms with Crippen molar-refractivity contribution in [2.24, 2.45) is 0 Å². The fraction of sp³-hybridized carbons (Fsp3) is 1.00. The molecule has 0 radical (unpaired) electrons. The standard InChI is InChI=1S/C6H13NO.2H2S/c1-5-3-6(2,8)4-7-5;;/h5,7-8H,3-4H2,1-2H3;2*1H2/t5-,6-;;/m0../s1. The van der Waals surface area contributed by atoms with Crippen molar-refractivity contribution in [3.63, 3.8) is 0 Å². The number of β-amino-alcohol motifs (C(OH)–C–C–N with tert-alkyl or cyclic N) is 1. The zero-order chi connectivity index (χ0) is 6.20. The monoisotopic (exact) mass is 183 g/mol. The van der Waals surface area contributed by atoms with Crippen LogP contribution in [0.1, 0.15) is 20.3 Å². The Bertz CT molecular complexity index is 97.7. The Morgan fingerprint density at radius 2 is 2.00 bits per heavy atom. The summed E-state index contributed by atoms with van der Waals surface area (Å²) in [5, 5.41) is 12.5. The van der Waals surface area contributed by atoms with Gasteiger partial charge in [-0.15, -0.1) is 0 Å². The molecule has 1 heterocycles. The quantitative estimate of drug-likeness (QED) is 0.568. The topological polar surface area (TPSA) is 32.3 Å². The Labute approximate surface area is 76.3 Å². The molecule has 0 unspecified atom stereocenters. The van der Waals surface area contributed by atoms with Gasteiger partial charge in [-0.2, -0.15) is 27.0 Å². The Morgan fingerprint density at radius 1 is 1.50 bits per heavy atom. The summed E-state index contributed by atoms with van der Waals surface area (Å²) >= 11 is 0. The van der Waals surface area contributed by atoms with E-state index in [2.05, 4.69) is 12.2 Å². The van der Waals surface area contributed by atoms with Crippen LogP contribution in [0.15, 0.2) is 0 Å². The maximum atomic E-state index is 9.30. The maximum Gasteiger partial charge on any atom is 0.0758 e. The lowest BCUT2D eigenvalue weighted by Gasteiger charge is -2.12. The summed E-state index contributed by atoms with van der Waals surface area (Å²) in [6, 6.07) is 0.491. The van der Waals surface area contributed by atoms with Crippen molar-refractivity contribution in [3.8, 4) is 0 Å². The van der Waals surface area contributed by atoms with Crippen molar-refractivity contribution < 1.29 is 5.11 Å². The number of hydrogen-bond donors (Lipinski definition) is 2. The van der Waals surface area contributed by atoms with Gasteiger partial charge in [-0.1, -0.05) is 0 Å². The third-order valence-electron chi connectivity index (χ3n) is 1.58. The van der Waals surface area contributed by atoms with Crippen LogP contribution in [0.3, 0.4) is 0 Å². The van der Waals surface area contributed by atoms with Crippen molar-refractivity contribution in [2.75, 3.05) is 6.54 Å². The first-order valence-corrected chi connectivity index (χ1v) is 3.06. The predicted molar refractivity (Wildman–Crippen MR) is 53.5 cm³/mol. The number of aliphatic hydroxyl groups is 1. The molecule has 1 aliphatic rings. The predicted octanol–water partition coefficient (Wildman–Crippen LogP) is 0.345. The van der Waals surface area contributed by atoms with Gasteiger partial charge in [-0.05, 0) is 20.3 Å². The number of rotatable bonds is 0. The summed E-state index contributed by atoms with van der Waals surface area (Å²) < 4.78 is 0. The molecule has 1 saturated heterocycles. The molecule has 64 valence electrons. The molecule has 2 atom stereocenters. The van der Waals surface area contributed by atoms with Gasteiger partial charge >= 0.3 is 0 Å². The molecule has 10 heavy (non-hydrogen) atoms. The molecule has 0 aromatic heterocycles. The third kappa shape index (κ3) is 3.71. The summed E-state index contributed by atoms with van der Waals surface area (Å²) in [5.41, 5.74) is -0.445. The zero-order valence-corrected chi connectivity index (χ0v) is 8.44. The second-order valence-electron chi connectivity index (χ2n) is 2.98. The summed E-state index contributed by atoms with van der Waals surface area (Å²) in [7, 11) is 0. The molecule has 0 spiro atoms. The Balaban J connectivity index is 0. The van der Waals surface area contributed by atoms with Crippen molar-refractivity contribution in [1.82, 2.24) is 5.32 Å². The molecular formula is C6H17NOS2. The summed E-state index contributed by atoms with van der Waals surface area (Å²) in [4.78, 5) is 0. The van der Waals surface area contributed by atoms with Gasteiger partial charge < -0.3 is 10.4 Å². The SMILES string of the molecule is C[C@H]1C[C@](C)(O)CN1.S.S. The minimum absolute atomic E-state index is 0.